The molecule has 0 spiro atoms. The molecule has 112 valence electrons. The molecule has 5 heteroatoms. The van der Waals surface area contributed by atoms with Crippen molar-refractivity contribution in [3.05, 3.63) is 24.3 Å². The highest BCUT2D eigenvalue weighted by atomic mass is 16.5. The Bertz CT molecular complexity index is 621. The summed E-state index contributed by atoms with van der Waals surface area (Å²) in [6.07, 6.45) is 0.426. The molecule has 2 aromatic rings. The van der Waals surface area contributed by atoms with E-state index in [4.69, 9.17) is 9.72 Å². The number of anilines is 2. The van der Waals surface area contributed by atoms with Gasteiger partial charge in [0.15, 0.2) is 0 Å². The number of aromatic nitrogens is 2. The second kappa shape index (κ2) is 5.85. The molecule has 21 heavy (non-hydrogen) atoms. The van der Waals surface area contributed by atoms with Crippen LogP contribution in [0.15, 0.2) is 24.3 Å². The molecular weight excluding hydrogens is 264 g/mol. The van der Waals surface area contributed by atoms with Gasteiger partial charge in [0, 0.05) is 25.0 Å². The quantitative estimate of drug-likeness (QED) is 0.940. The predicted molar refractivity (Wildman–Crippen MR) is 85.9 cm³/mol. The van der Waals surface area contributed by atoms with Gasteiger partial charge in [-0.05, 0) is 32.9 Å². The fourth-order valence-corrected chi connectivity index (χ4v) is 2.89. The van der Waals surface area contributed by atoms with Gasteiger partial charge in [-0.3, -0.25) is 0 Å². The molecule has 2 heterocycles. The van der Waals surface area contributed by atoms with Gasteiger partial charge in [0.1, 0.15) is 5.82 Å². The molecule has 2 unspecified atom stereocenters. The lowest BCUT2D eigenvalue weighted by Crippen LogP contribution is -2.46. The minimum Gasteiger partial charge on any atom is -0.372 e. The number of para-hydroxylation sites is 1. The molecule has 1 aromatic carbocycles. The lowest BCUT2D eigenvalue weighted by atomic mass is 10.2. The summed E-state index contributed by atoms with van der Waals surface area (Å²) in [5.74, 6) is 1.69. The summed E-state index contributed by atoms with van der Waals surface area (Å²) in [5, 5.41) is 4.32. The van der Waals surface area contributed by atoms with E-state index in [0.717, 1.165) is 36.4 Å². The summed E-state index contributed by atoms with van der Waals surface area (Å²) in [4.78, 5) is 11.6. The molecule has 0 radical (unpaired) electrons. The predicted octanol–water partition coefficient (Wildman–Crippen LogP) is 2.68. The van der Waals surface area contributed by atoms with E-state index in [0.29, 0.717) is 5.95 Å². The Balaban J connectivity index is 2.06. The lowest BCUT2D eigenvalue weighted by molar-refractivity contribution is -0.00536. The number of nitrogens with zero attached hydrogens (tertiary/aromatic N) is 3. The van der Waals surface area contributed by atoms with Crippen molar-refractivity contribution < 1.29 is 4.74 Å². The van der Waals surface area contributed by atoms with Crippen molar-refractivity contribution in [3.63, 3.8) is 0 Å². The summed E-state index contributed by atoms with van der Waals surface area (Å²) < 4.78 is 5.83. The van der Waals surface area contributed by atoms with Crippen molar-refractivity contribution in [2.45, 2.75) is 33.0 Å². The second-order valence-corrected chi connectivity index (χ2v) is 5.58. The van der Waals surface area contributed by atoms with E-state index in [2.05, 4.69) is 42.0 Å². The molecule has 1 fully saturated rings. The van der Waals surface area contributed by atoms with E-state index in [9.17, 15) is 0 Å². The normalized spacial score (nSPS) is 22.5. The van der Waals surface area contributed by atoms with Crippen LogP contribution >= 0.6 is 0 Å². The third-order valence-corrected chi connectivity index (χ3v) is 3.64. The van der Waals surface area contributed by atoms with Crippen LogP contribution in [0.3, 0.4) is 0 Å². The fraction of sp³-hybridized carbons (Fsp3) is 0.500. The van der Waals surface area contributed by atoms with Crippen LogP contribution < -0.4 is 10.2 Å². The van der Waals surface area contributed by atoms with E-state index in [1.807, 2.05) is 18.2 Å². The Morgan fingerprint density at radius 1 is 1.19 bits per heavy atom. The number of nitrogens with one attached hydrogen (secondary N) is 1. The molecule has 1 N–H and O–H groups in total. The van der Waals surface area contributed by atoms with Crippen molar-refractivity contribution >= 4 is 22.7 Å². The Labute approximate surface area is 125 Å². The highest BCUT2D eigenvalue weighted by molar-refractivity contribution is 5.90. The van der Waals surface area contributed by atoms with Crippen molar-refractivity contribution in [2.24, 2.45) is 0 Å². The molecule has 1 aliphatic rings. The van der Waals surface area contributed by atoms with Crippen LogP contribution in [-0.2, 0) is 4.74 Å². The van der Waals surface area contributed by atoms with E-state index in [1.165, 1.54) is 0 Å². The van der Waals surface area contributed by atoms with Crippen LogP contribution in [0, 0.1) is 0 Å². The van der Waals surface area contributed by atoms with E-state index in [1.54, 1.807) is 0 Å². The average Bonchev–Trinajstić information content (AvgIpc) is 2.46. The van der Waals surface area contributed by atoms with Crippen molar-refractivity contribution in [2.75, 3.05) is 29.9 Å². The van der Waals surface area contributed by atoms with Crippen molar-refractivity contribution in [1.29, 1.82) is 0 Å². The van der Waals surface area contributed by atoms with Gasteiger partial charge in [-0.1, -0.05) is 12.1 Å². The maximum atomic E-state index is 5.83. The van der Waals surface area contributed by atoms with Gasteiger partial charge in [0.25, 0.3) is 0 Å². The maximum Gasteiger partial charge on any atom is 0.225 e. The first-order valence-electron chi connectivity index (χ1n) is 7.58. The van der Waals surface area contributed by atoms with Crippen LogP contribution in [-0.4, -0.2) is 41.8 Å². The van der Waals surface area contributed by atoms with Crippen molar-refractivity contribution in [3.8, 4) is 0 Å². The zero-order valence-electron chi connectivity index (χ0n) is 12.8. The third kappa shape index (κ3) is 2.93. The summed E-state index contributed by atoms with van der Waals surface area (Å²) in [5.41, 5.74) is 0.977. The number of benzene rings is 1. The molecule has 2 atom stereocenters. The zero-order valence-corrected chi connectivity index (χ0v) is 12.8. The summed E-state index contributed by atoms with van der Waals surface area (Å²) in [7, 11) is 0. The molecule has 3 rings (SSSR count). The SMILES string of the molecule is CCNc1nc(N2CC(C)OC(C)C2)c2ccccc2n1. The van der Waals surface area contributed by atoms with Crippen LogP contribution in [0.5, 0.6) is 0 Å². The van der Waals surface area contributed by atoms with Crippen LogP contribution in [0.4, 0.5) is 11.8 Å². The van der Waals surface area contributed by atoms with Gasteiger partial charge in [0.05, 0.1) is 17.7 Å². The number of hydrogen-bond donors (Lipinski definition) is 1. The molecule has 0 saturated carbocycles. The van der Waals surface area contributed by atoms with E-state index >= 15 is 0 Å². The molecule has 0 bridgehead atoms. The van der Waals surface area contributed by atoms with Crippen molar-refractivity contribution in [1.82, 2.24) is 9.97 Å². The Morgan fingerprint density at radius 2 is 1.90 bits per heavy atom. The fourth-order valence-electron chi connectivity index (χ4n) is 2.89. The first kappa shape index (κ1) is 14.1. The average molecular weight is 286 g/mol. The molecule has 1 aromatic heterocycles. The number of hydrogen-bond acceptors (Lipinski definition) is 5. The molecule has 0 amide bonds. The Morgan fingerprint density at radius 3 is 2.62 bits per heavy atom. The molecule has 1 aliphatic heterocycles. The topological polar surface area (TPSA) is 50.3 Å². The number of fused-ring (bicyclic) bond motifs is 1. The van der Waals surface area contributed by atoms with E-state index < -0.39 is 0 Å². The maximum absolute atomic E-state index is 5.83. The molecule has 5 nitrogen and oxygen atoms in total. The first-order chi connectivity index (χ1) is 10.2. The highest BCUT2D eigenvalue weighted by Crippen LogP contribution is 2.27. The number of ether oxygens (including phenoxy) is 1. The van der Waals surface area contributed by atoms with Gasteiger partial charge in [-0.2, -0.15) is 4.98 Å². The summed E-state index contributed by atoms with van der Waals surface area (Å²) in [6.45, 7) is 8.80. The number of rotatable bonds is 3. The first-order valence-corrected chi connectivity index (χ1v) is 7.58. The van der Waals surface area contributed by atoms with Gasteiger partial charge >= 0.3 is 0 Å². The minimum absolute atomic E-state index is 0.213. The van der Waals surface area contributed by atoms with E-state index in [-0.39, 0.29) is 12.2 Å². The van der Waals surface area contributed by atoms with Crippen LogP contribution in [0.1, 0.15) is 20.8 Å². The zero-order chi connectivity index (χ0) is 14.8. The standard InChI is InChI=1S/C16H22N4O/c1-4-17-16-18-14-8-6-5-7-13(14)15(19-16)20-9-11(2)21-12(3)10-20/h5-8,11-12H,4,9-10H2,1-3H3,(H,17,18,19). The van der Waals surface area contributed by atoms with Crippen LogP contribution in [0.2, 0.25) is 0 Å². The molecule has 0 aliphatic carbocycles. The summed E-state index contributed by atoms with van der Waals surface area (Å²) >= 11 is 0. The second-order valence-electron chi connectivity index (χ2n) is 5.58. The monoisotopic (exact) mass is 286 g/mol. The van der Waals surface area contributed by atoms with Gasteiger partial charge < -0.3 is 15.0 Å². The van der Waals surface area contributed by atoms with Gasteiger partial charge in [-0.15, -0.1) is 0 Å². The minimum atomic E-state index is 0.213. The number of morpholine rings is 1. The smallest absolute Gasteiger partial charge is 0.225 e. The largest absolute Gasteiger partial charge is 0.372 e. The van der Waals surface area contributed by atoms with Gasteiger partial charge in [0.2, 0.25) is 5.95 Å². The lowest BCUT2D eigenvalue weighted by Gasteiger charge is -2.36. The van der Waals surface area contributed by atoms with Crippen LogP contribution in [0.25, 0.3) is 10.9 Å². The molecule has 1 saturated heterocycles. The van der Waals surface area contributed by atoms with Gasteiger partial charge in [-0.25, -0.2) is 4.98 Å². The third-order valence-electron chi connectivity index (χ3n) is 3.64. The summed E-state index contributed by atoms with van der Waals surface area (Å²) in [6, 6.07) is 8.18. The Hall–Kier alpha value is -1.88. The molecular formula is C16H22N4O. The highest BCUT2D eigenvalue weighted by Gasteiger charge is 2.25. The Kier molecular flexibility index (Phi) is 3.92.